The standard InChI is InChI=1S/C19H16N4O/c24-19(15-5-3-10-20-12-15)22-18-8-7-16(13-21-18)23-11-9-14-4-1-2-6-17(14)23/h1-8,10,12-13H,9,11H2,(H,21,22,24). The molecule has 0 saturated carbocycles. The summed E-state index contributed by atoms with van der Waals surface area (Å²) in [4.78, 5) is 22.7. The predicted octanol–water partition coefficient (Wildman–Crippen LogP) is 3.42. The maximum absolute atomic E-state index is 12.1. The van der Waals surface area contributed by atoms with Crippen molar-refractivity contribution in [3.63, 3.8) is 0 Å². The first-order chi connectivity index (χ1) is 11.8. The zero-order valence-electron chi connectivity index (χ0n) is 13.0. The van der Waals surface area contributed by atoms with Crippen molar-refractivity contribution in [1.82, 2.24) is 9.97 Å². The van der Waals surface area contributed by atoms with E-state index in [-0.39, 0.29) is 5.91 Å². The lowest BCUT2D eigenvalue weighted by molar-refractivity contribution is 0.102. The van der Waals surface area contributed by atoms with Crippen LogP contribution in [0.15, 0.2) is 67.1 Å². The second-order valence-electron chi connectivity index (χ2n) is 5.63. The number of aromatic nitrogens is 2. The highest BCUT2D eigenvalue weighted by molar-refractivity contribution is 6.03. The van der Waals surface area contributed by atoms with Crippen molar-refractivity contribution < 1.29 is 4.79 Å². The first kappa shape index (κ1) is 14.4. The fourth-order valence-corrected chi connectivity index (χ4v) is 2.91. The molecule has 1 amide bonds. The van der Waals surface area contributed by atoms with E-state index in [1.807, 2.05) is 18.2 Å². The summed E-state index contributed by atoms with van der Waals surface area (Å²) >= 11 is 0. The largest absolute Gasteiger partial charge is 0.340 e. The van der Waals surface area contributed by atoms with E-state index in [4.69, 9.17) is 0 Å². The molecule has 0 spiro atoms. The second-order valence-corrected chi connectivity index (χ2v) is 5.63. The second kappa shape index (κ2) is 6.12. The van der Waals surface area contributed by atoms with E-state index < -0.39 is 0 Å². The fraction of sp³-hybridized carbons (Fsp3) is 0.105. The number of hydrogen-bond donors (Lipinski definition) is 1. The lowest BCUT2D eigenvalue weighted by atomic mass is 10.2. The van der Waals surface area contributed by atoms with Crippen molar-refractivity contribution in [3.05, 3.63) is 78.2 Å². The number of carbonyl (C=O) groups is 1. The van der Waals surface area contributed by atoms with Crippen LogP contribution in [0.1, 0.15) is 15.9 Å². The number of nitrogens with zero attached hydrogens (tertiary/aromatic N) is 3. The van der Waals surface area contributed by atoms with Gasteiger partial charge in [0.05, 0.1) is 17.4 Å². The van der Waals surface area contributed by atoms with Crippen LogP contribution in [0.25, 0.3) is 0 Å². The molecule has 0 bridgehead atoms. The molecule has 3 heterocycles. The monoisotopic (exact) mass is 316 g/mol. The summed E-state index contributed by atoms with van der Waals surface area (Å²) in [5, 5.41) is 2.79. The number of amides is 1. The van der Waals surface area contributed by atoms with Crippen LogP contribution in [0.4, 0.5) is 17.2 Å². The van der Waals surface area contributed by atoms with Gasteiger partial charge in [0.15, 0.2) is 0 Å². The van der Waals surface area contributed by atoms with Crippen molar-refractivity contribution in [1.29, 1.82) is 0 Å². The van der Waals surface area contributed by atoms with Gasteiger partial charge in [-0.1, -0.05) is 18.2 Å². The molecule has 3 aromatic rings. The minimum absolute atomic E-state index is 0.213. The zero-order chi connectivity index (χ0) is 16.4. The van der Waals surface area contributed by atoms with Crippen molar-refractivity contribution in [3.8, 4) is 0 Å². The Balaban J connectivity index is 1.51. The highest BCUT2D eigenvalue weighted by atomic mass is 16.1. The first-order valence-corrected chi connectivity index (χ1v) is 7.84. The van der Waals surface area contributed by atoms with Crippen LogP contribution in [-0.2, 0) is 6.42 Å². The number of benzene rings is 1. The normalized spacial score (nSPS) is 12.8. The molecule has 4 rings (SSSR count). The van der Waals surface area contributed by atoms with E-state index in [2.05, 4.69) is 38.4 Å². The number of rotatable bonds is 3. The van der Waals surface area contributed by atoms with Gasteiger partial charge in [0.25, 0.3) is 5.91 Å². The SMILES string of the molecule is O=C(Nc1ccc(N2CCc3ccccc32)cn1)c1cccnc1. The first-order valence-electron chi connectivity index (χ1n) is 7.84. The molecule has 0 saturated heterocycles. The van der Waals surface area contributed by atoms with Crippen molar-refractivity contribution >= 4 is 23.1 Å². The van der Waals surface area contributed by atoms with Gasteiger partial charge in [0.2, 0.25) is 0 Å². The number of fused-ring (bicyclic) bond motifs is 1. The van der Waals surface area contributed by atoms with Gasteiger partial charge in [0, 0.05) is 24.6 Å². The molecule has 1 aliphatic rings. The summed E-state index contributed by atoms with van der Waals surface area (Å²) in [6.45, 7) is 0.947. The van der Waals surface area contributed by atoms with Crippen LogP contribution in [0.2, 0.25) is 0 Å². The van der Waals surface area contributed by atoms with Crippen LogP contribution in [-0.4, -0.2) is 22.4 Å². The van der Waals surface area contributed by atoms with Crippen molar-refractivity contribution in [2.45, 2.75) is 6.42 Å². The molecule has 24 heavy (non-hydrogen) atoms. The van der Waals surface area contributed by atoms with Gasteiger partial charge in [-0.05, 0) is 42.3 Å². The Morgan fingerprint density at radius 3 is 2.75 bits per heavy atom. The third-order valence-corrected chi connectivity index (χ3v) is 4.11. The van der Waals surface area contributed by atoms with Gasteiger partial charge in [0.1, 0.15) is 5.82 Å². The summed E-state index contributed by atoms with van der Waals surface area (Å²) in [5.74, 6) is 0.315. The third kappa shape index (κ3) is 2.72. The Hall–Kier alpha value is -3.21. The summed E-state index contributed by atoms with van der Waals surface area (Å²) in [7, 11) is 0. The Bertz CT molecular complexity index is 862. The Labute approximate surface area is 140 Å². The van der Waals surface area contributed by atoms with Gasteiger partial charge in [-0.3, -0.25) is 9.78 Å². The average Bonchev–Trinajstić information content (AvgIpc) is 3.07. The number of hydrogen-bond acceptors (Lipinski definition) is 4. The lowest BCUT2D eigenvalue weighted by Gasteiger charge is -2.19. The fourth-order valence-electron chi connectivity index (χ4n) is 2.91. The van der Waals surface area contributed by atoms with E-state index in [1.54, 1.807) is 24.5 Å². The van der Waals surface area contributed by atoms with Gasteiger partial charge in [-0.15, -0.1) is 0 Å². The van der Waals surface area contributed by atoms with E-state index in [0.717, 1.165) is 18.7 Å². The minimum Gasteiger partial charge on any atom is -0.340 e. The molecule has 1 aromatic carbocycles. The lowest BCUT2D eigenvalue weighted by Crippen LogP contribution is -2.15. The molecular formula is C19H16N4O. The summed E-state index contributed by atoms with van der Waals surface area (Å²) in [6.07, 6.45) is 6.00. The topological polar surface area (TPSA) is 58.1 Å². The highest BCUT2D eigenvalue weighted by Crippen LogP contribution is 2.33. The molecular weight excluding hydrogens is 300 g/mol. The average molecular weight is 316 g/mol. The van der Waals surface area contributed by atoms with Crippen LogP contribution in [0.5, 0.6) is 0 Å². The molecule has 0 radical (unpaired) electrons. The maximum atomic E-state index is 12.1. The van der Waals surface area contributed by atoms with Gasteiger partial charge in [-0.25, -0.2) is 4.98 Å². The number of pyridine rings is 2. The zero-order valence-corrected chi connectivity index (χ0v) is 13.0. The molecule has 1 N–H and O–H groups in total. The molecule has 0 unspecified atom stereocenters. The molecule has 0 aliphatic carbocycles. The van der Waals surface area contributed by atoms with Gasteiger partial charge >= 0.3 is 0 Å². The minimum atomic E-state index is -0.213. The molecule has 0 atom stereocenters. The van der Waals surface area contributed by atoms with Gasteiger partial charge in [-0.2, -0.15) is 0 Å². The van der Waals surface area contributed by atoms with E-state index in [1.165, 1.54) is 17.4 Å². The molecule has 1 aliphatic heterocycles. The summed E-state index contributed by atoms with van der Waals surface area (Å²) < 4.78 is 0. The van der Waals surface area contributed by atoms with Crippen LogP contribution in [0, 0.1) is 0 Å². The van der Waals surface area contributed by atoms with E-state index >= 15 is 0 Å². The number of para-hydroxylation sites is 1. The van der Waals surface area contributed by atoms with Crippen LogP contribution in [0.3, 0.4) is 0 Å². The Morgan fingerprint density at radius 1 is 1.04 bits per heavy atom. The van der Waals surface area contributed by atoms with Crippen molar-refractivity contribution in [2.24, 2.45) is 0 Å². The van der Waals surface area contributed by atoms with E-state index in [0.29, 0.717) is 11.4 Å². The Kier molecular flexibility index (Phi) is 3.67. The molecule has 118 valence electrons. The molecule has 2 aromatic heterocycles. The van der Waals surface area contributed by atoms with Crippen LogP contribution < -0.4 is 10.2 Å². The predicted molar refractivity (Wildman–Crippen MR) is 93.6 cm³/mol. The Morgan fingerprint density at radius 2 is 1.96 bits per heavy atom. The highest BCUT2D eigenvalue weighted by Gasteiger charge is 2.19. The third-order valence-electron chi connectivity index (χ3n) is 4.11. The maximum Gasteiger partial charge on any atom is 0.258 e. The number of anilines is 3. The summed E-state index contributed by atoms with van der Waals surface area (Å²) in [5.41, 5.74) is 4.12. The number of nitrogens with one attached hydrogen (secondary N) is 1. The van der Waals surface area contributed by atoms with E-state index in [9.17, 15) is 4.79 Å². The van der Waals surface area contributed by atoms with Crippen molar-refractivity contribution in [2.75, 3.05) is 16.8 Å². The molecule has 5 heteroatoms. The molecule has 0 fully saturated rings. The summed E-state index contributed by atoms with van der Waals surface area (Å²) in [6, 6.07) is 15.7. The van der Waals surface area contributed by atoms with Crippen LogP contribution >= 0.6 is 0 Å². The van der Waals surface area contributed by atoms with Gasteiger partial charge < -0.3 is 10.2 Å². The molecule has 5 nitrogen and oxygen atoms in total. The number of carbonyl (C=O) groups excluding carboxylic acids is 1. The smallest absolute Gasteiger partial charge is 0.258 e. The quantitative estimate of drug-likeness (QED) is 0.804.